The summed E-state index contributed by atoms with van der Waals surface area (Å²) >= 11 is 0. The van der Waals surface area contributed by atoms with E-state index in [1.165, 1.54) is 6.07 Å². The normalized spacial score (nSPS) is 29.5. The number of aromatic hydroxyl groups is 1. The number of hydrogen-bond acceptors (Lipinski definition) is 8. The Hall–Kier alpha value is -3.33. The van der Waals surface area contributed by atoms with Crippen molar-refractivity contribution in [1.29, 1.82) is 0 Å². The molecular formula is C24H26N2O7. The molecule has 9 heteroatoms. The topological polar surface area (TPSA) is 161 Å². The number of carbonyl (C=O) groups excluding carboxylic acids is 3. The number of benzene rings is 1. The first-order valence-electron chi connectivity index (χ1n) is 11.2. The van der Waals surface area contributed by atoms with E-state index < -0.39 is 52.0 Å². The van der Waals surface area contributed by atoms with Crippen molar-refractivity contribution in [1.82, 2.24) is 0 Å². The first kappa shape index (κ1) is 21.5. The molecular weight excluding hydrogens is 428 g/mol. The third-order valence-electron chi connectivity index (χ3n) is 7.62. The molecule has 1 aromatic rings. The maximum atomic E-state index is 13.5. The molecule has 1 saturated carbocycles. The molecule has 6 N–H and O–H groups in total. The maximum absolute atomic E-state index is 13.5. The number of phenolic OH excluding ortho intramolecular Hbond substituents is 1. The number of aliphatic hydroxyl groups excluding tert-OH is 2. The summed E-state index contributed by atoms with van der Waals surface area (Å²) in [5.74, 6) is -6.09. The van der Waals surface area contributed by atoms with Crippen molar-refractivity contribution in [2.75, 3.05) is 18.0 Å². The number of aliphatic hydroxyl groups is 3. The lowest BCUT2D eigenvalue weighted by atomic mass is 9.59. The second kappa shape index (κ2) is 7.34. The Labute approximate surface area is 189 Å². The van der Waals surface area contributed by atoms with Gasteiger partial charge in [-0.25, -0.2) is 0 Å². The van der Waals surface area contributed by atoms with Crippen LogP contribution in [0.1, 0.15) is 43.2 Å². The van der Waals surface area contributed by atoms with Crippen molar-refractivity contribution in [3.05, 3.63) is 40.2 Å². The zero-order valence-electron chi connectivity index (χ0n) is 18.0. The van der Waals surface area contributed by atoms with Gasteiger partial charge in [0, 0.05) is 36.7 Å². The molecule has 0 unspecified atom stereocenters. The number of phenols is 1. The highest BCUT2D eigenvalue weighted by atomic mass is 16.3. The lowest BCUT2D eigenvalue weighted by Crippen LogP contribution is -2.58. The van der Waals surface area contributed by atoms with Crippen LogP contribution in [-0.4, -0.2) is 56.6 Å². The minimum Gasteiger partial charge on any atom is -0.508 e. The molecule has 2 fully saturated rings. The highest BCUT2D eigenvalue weighted by molar-refractivity contribution is 6.22. The van der Waals surface area contributed by atoms with Gasteiger partial charge in [-0.05, 0) is 55.7 Å². The smallest absolute Gasteiger partial charge is 0.255 e. The zero-order valence-corrected chi connectivity index (χ0v) is 18.0. The lowest BCUT2D eigenvalue weighted by molar-refractivity contribution is -0.147. The highest BCUT2D eigenvalue weighted by Crippen LogP contribution is 2.53. The average molecular weight is 454 g/mol. The zero-order chi connectivity index (χ0) is 23.7. The molecule has 1 amide bonds. The monoisotopic (exact) mass is 454 g/mol. The number of ketones is 2. The van der Waals surface area contributed by atoms with Crippen molar-refractivity contribution in [2.45, 2.75) is 44.1 Å². The molecule has 1 heterocycles. The van der Waals surface area contributed by atoms with E-state index in [-0.39, 0.29) is 29.7 Å². The Bertz CT molecular complexity index is 1160. The Kier molecular flexibility index (Phi) is 4.79. The summed E-state index contributed by atoms with van der Waals surface area (Å²) in [4.78, 5) is 39.8. The molecule has 5 rings (SSSR count). The van der Waals surface area contributed by atoms with Gasteiger partial charge in [0.05, 0.1) is 5.56 Å². The van der Waals surface area contributed by atoms with Crippen LogP contribution >= 0.6 is 0 Å². The third-order valence-corrected chi connectivity index (χ3v) is 7.62. The Morgan fingerprint density at radius 3 is 2.42 bits per heavy atom. The molecule has 0 aromatic heterocycles. The molecule has 4 aliphatic rings. The number of rotatable bonds is 2. The number of primary amides is 1. The van der Waals surface area contributed by atoms with Crippen LogP contribution in [0.2, 0.25) is 0 Å². The molecule has 0 radical (unpaired) electrons. The number of carbonyl (C=O) groups is 3. The molecule has 0 bridgehead atoms. The van der Waals surface area contributed by atoms with Crippen molar-refractivity contribution in [2.24, 2.45) is 17.6 Å². The number of piperidine rings is 1. The molecule has 33 heavy (non-hydrogen) atoms. The molecule has 1 saturated heterocycles. The van der Waals surface area contributed by atoms with Gasteiger partial charge in [0.15, 0.2) is 11.4 Å². The minimum atomic E-state index is -2.53. The standard InChI is InChI=1S/C24H26N2O7/c25-23(32)19-16(28)10-12-8-11-9-13-14(26-6-2-1-3-7-26)4-5-15(27)18(13)20(29)17(11)21(30)24(12,33)22(19)31/h4-5,11-12,27,29,31,33H,1-3,6-10H2,(H2,25,32)/t11-,12+,24+/m1/s1. The van der Waals surface area contributed by atoms with Crippen LogP contribution in [0.5, 0.6) is 5.75 Å². The molecule has 0 spiro atoms. The van der Waals surface area contributed by atoms with Gasteiger partial charge in [0.1, 0.15) is 22.8 Å². The number of anilines is 1. The van der Waals surface area contributed by atoms with Gasteiger partial charge in [0.25, 0.3) is 5.91 Å². The molecule has 1 aliphatic heterocycles. The summed E-state index contributed by atoms with van der Waals surface area (Å²) in [6.45, 7) is 1.70. The first-order chi connectivity index (χ1) is 15.7. The lowest BCUT2D eigenvalue weighted by Gasteiger charge is -2.46. The Morgan fingerprint density at radius 1 is 1.06 bits per heavy atom. The van der Waals surface area contributed by atoms with E-state index in [0.717, 1.165) is 43.6 Å². The fraction of sp³-hybridized carbons (Fsp3) is 0.458. The SMILES string of the molecule is NC(=O)C1=C(O)[C@@]2(O)C(=O)C3=C(O)c4c(O)ccc(N5CCCCC5)c4C[C@H]3C[C@H]2CC1=O. The quantitative estimate of drug-likeness (QED) is 0.419. The molecule has 174 valence electrons. The van der Waals surface area contributed by atoms with Crippen LogP contribution in [0, 0.1) is 11.8 Å². The second-order valence-electron chi connectivity index (χ2n) is 9.41. The summed E-state index contributed by atoms with van der Waals surface area (Å²) in [6, 6.07) is 3.29. The predicted octanol–water partition coefficient (Wildman–Crippen LogP) is 1.41. The number of Topliss-reactive ketones (excluding diaryl/α,β-unsaturated/α-hetero) is 2. The largest absolute Gasteiger partial charge is 0.508 e. The van der Waals surface area contributed by atoms with Crippen LogP contribution in [-0.2, 0) is 20.8 Å². The van der Waals surface area contributed by atoms with Crippen LogP contribution < -0.4 is 10.6 Å². The fourth-order valence-corrected chi connectivity index (χ4v) is 6.04. The van der Waals surface area contributed by atoms with Gasteiger partial charge in [-0.2, -0.15) is 0 Å². The van der Waals surface area contributed by atoms with Crippen LogP contribution in [0.15, 0.2) is 29.0 Å². The summed E-state index contributed by atoms with van der Waals surface area (Å²) in [7, 11) is 0. The van der Waals surface area contributed by atoms with E-state index in [4.69, 9.17) is 5.73 Å². The van der Waals surface area contributed by atoms with Gasteiger partial charge >= 0.3 is 0 Å². The Balaban J connectivity index is 1.66. The molecule has 9 nitrogen and oxygen atoms in total. The van der Waals surface area contributed by atoms with E-state index in [2.05, 4.69) is 4.90 Å². The minimum absolute atomic E-state index is 0.114. The number of hydrogen-bond donors (Lipinski definition) is 5. The summed E-state index contributed by atoms with van der Waals surface area (Å²) < 4.78 is 0. The Morgan fingerprint density at radius 2 is 1.76 bits per heavy atom. The van der Waals surface area contributed by atoms with Crippen molar-refractivity contribution in [3.8, 4) is 5.75 Å². The summed E-state index contributed by atoms with van der Waals surface area (Å²) in [6.07, 6.45) is 3.36. The molecule has 3 aliphatic carbocycles. The summed E-state index contributed by atoms with van der Waals surface area (Å²) in [5, 5.41) is 43.6. The number of nitrogens with two attached hydrogens (primary N) is 1. The van der Waals surface area contributed by atoms with Crippen molar-refractivity contribution < 1.29 is 34.8 Å². The van der Waals surface area contributed by atoms with Crippen LogP contribution in [0.3, 0.4) is 0 Å². The van der Waals surface area contributed by atoms with E-state index in [1.54, 1.807) is 0 Å². The van der Waals surface area contributed by atoms with Gasteiger partial charge in [-0.1, -0.05) is 0 Å². The predicted molar refractivity (Wildman–Crippen MR) is 117 cm³/mol. The van der Waals surface area contributed by atoms with Gasteiger partial charge in [-0.15, -0.1) is 0 Å². The highest BCUT2D eigenvalue weighted by Gasteiger charge is 2.60. The number of amides is 1. The average Bonchev–Trinajstić information content (AvgIpc) is 2.76. The van der Waals surface area contributed by atoms with Gasteiger partial charge in [0.2, 0.25) is 5.78 Å². The van der Waals surface area contributed by atoms with Crippen molar-refractivity contribution >= 4 is 28.9 Å². The number of fused-ring (bicyclic) bond motifs is 3. The maximum Gasteiger partial charge on any atom is 0.255 e. The molecule has 1 aromatic carbocycles. The van der Waals surface area contributed by atoms with Crippen LogP contribution in [0.4, 0.5) is 5.69 Å². The summed E-state index contributed by atoms with van der Waals surface area (Å²) in [5.41, 5.74) is 3.53. The van der Waals surface area contributed by atoms with E-state index >= 15 is 0 Å². The van der Waals surface area contributed by atoms with E-state index in [1.807, 2.05) is 6.07 Å². The fourth-order valence-electron chi connectivity index (χ4n) is 6.04. The van der Waals surface area contributed by atoms with Crippen LogP contribution in [0.25, 0.3) is 5.76 Å². The van der Waals surface area contributed by atoms with E-state index in [0.29, 0.717) is 6.42 Å². The first-order valence-corrected chi connectivity index (χ1v) is 11.2. The van der Waals surface area contributed by atoms with Gasteiger partial charge in [-0.3, -0.25) is 14.4 Å². The third kappa shape index (κ3) is 2.91. The van der Waals surface area contributed by atoms with Crippen molar-refractivity contribution in [3.63, 3.8) is 0 Å². The number of nitrogens with zero attached hydrogens (tertiary/aromatic N) is 1. The van der Waals surface area contributed by atoms with E-state index in [9.17, 15) is 34.8 Å². The van der Waals surface area contributed by atoms with Gasteiger partial charge < -0.3 is 31.1 Å². The second-order valence-corrected chi connectivity index (χ2v) is 9.41. The molecule has 3 atom stereocenters.